The van der Waals surface area contributed by atoms with Crippen LogP contribution >= 0.6 is 0 Å². The summed E-state index contributed by atoms with van der Waals surface area (Å²) >= 11 is 0. The lowest BCUT2D eigenvalue weighted by Crippen LogP contribution is -2.33. The van der Waals surface area contributed by atoms with Crippen molar-refractivity contribution in [2.24, 2.45) is 0 Å². The number of halogens is 1. The molecule has 2 heterocycles. The van der Waals surface area contributed by atoms with Gasteiger partial charge in [-0.3, -0.25) is 4.90 Å². The van der Waals surface area contributed by atoms with E-state index in [0.29, 0.717) is 18.9 Å². The van der Waals surface area contributed by atoms with Crippen LogP contribution in [0.3, 0.4) is 0 Å². The van der Waals surface area contributed by atoms with E-state index in [-0.39, 0.29) is 11.4 Å². The Morgan fingerprint density at radius 2 is 1.77 bits per heavy atom. The van der Waals surface area contributed by atoms with Crippen LogP contribution < -0.4 is 10.4 Å². The summed E-state index contributed by atoms with van der Waals surface area (Å²) in [4.78, 5) is 14.5. The zero-order valence-corrected chi connectivity index (χ0v) is 16.3. The third-order valence-electron chi connectivity index (χ3n) is 5.47. The molecule has 0 aliphatic carbocycles. The Bertz CT molecular complexity index is 1250. The summed E-state index contributed by atoms with van der Waals surface area (Å²) in [6.07, 6.45) is 0.781. The maximum Gasteiger partial charge on any atom is 0.336 e. The molecule has 30 heavy (non-hydrogen) atoms. The molecule has 150 valence electrons. The van der Waals surface area contributed by atoms with Gasteiger partial charge in [-0.05, 0) is 47.4 Å². The summed E-state index contributed by atoms with van der Waals surface area (Å²) in [5, 5.41) is 0.892. The molecule has 1 aliphatic rings. The van der Waals surface area contributed by atoms with Crippen molar-refractivity contribution in [3.63, 3.8) is 0 Å². The monoisotopic (exact) mass is 401 g/mol. The van der Waals surface area contributed by atoms with E-state index in [2.05, 4.69) is 4.90 Å². The van der Waals surface area contributed by atoms with Crippen LogP contribution in [0, 0.1) is 5.82 Å². The third-order valence-corrected chi connectivity index (χ3v) is 5.47. The average Bonchev–Trinajstić information content (AvgIpc) is 2.78. The highest BCUT2D eigenvalue weighted by Gasteiger charge is 2.22. The lowest BCUT2D eigenvalue weighted by molar-refractivity contribution is 0.0968. The number of fused-ring (bicyclic) bond motifs is 3. The first-order valence-corrected chi connectivity index (χ1v) is 9.92. The van der Waals surface area contributed by atoms with Crippen LogP contribution in [0.2, 0.25) is 0 Å². The highest BCUT2D eigenvalue weighted by molar-refractivity contribution is 5.95. The maximum absolute atomic E-state index is 13.1. The van der Waals surface area contributed by atoms with Gasteiger partial charge < -0.3 is 9.15 Å². The van der Waals surface area contributed by atoms with Crippen molar-refractivity contribution in [2.45, 2.75) is 13.0 Å². The number of nitrogens with zero attached hydrogens (tertiary/aromatic N) is 1. The normalized spacial score (nSPS) is 13.8. The fourth-order valence-corrected chi connectivity index (χ4v) is 3.92. The number of hydrogen-bond donors (Lipinski definition) is 0. The van der Waals surface area contributed by atoms with Gasteiger partial charge in [0.05, 0.1) is 5.56 Å². The molecule has 0 unspecified atom stereocenters. The van der Waals surface area contributed by atoms with Crippen molar-refractivity contribution in [1.29, 1.82) is 0 Å². The molecular weight excluding hydrogens is 381 g/mol. The fraction of sp³-hybridized carbons (Fsp3) is 0.160. The SMILES string of the molecule is O=c1cc(-c2ccccc2)c2ccc3c(c2o1)CN(CCc1ccc(F)cc1)CO3. The highest BCUT2D eigenvalue weighted by Crippen LogP contribution is 2.36. The van der Waals surface area contributed by atoms with Crippen LogP contribution in [-0.4, -0.2) is 18.2 Å². The predicted octanol–water partition coefficient (Wildman–Crippen LogP) is 4.99. The van der Waals surface area contributed by atoms with E-state index in [1.165, 1.54) is 12.1 Å². The topological polar surface area (TPSA) is 42.7 Å². The summed E-state index contributed by atoms with van der Waals surface area (Å²) in [6.45, 7) is 1.83. The van der Waals surface area contributed by atoms with Gasteiger partial charge in [0, 0.05) is 24.5 Å². The molecule has 0 spiro atoms. The molecule has 0 radical (unpaired) electrons. The van der Waals surface area contributed by atoms with Crippen LogP contribution in [0.15, 0.2) is 82.0 Å². The van der Waals surface area contributed by atoms with E-state index < -0.39 is 0 Å². The van der Waals surface area contributed by atoms with Crippen molar-refractivity contribution < 1.29 is 13.5 Å². The van der Waals surface area contributed by atoms with E-state index >= 15 is 0 Å². The minimum absolute atomic E-state index is 0.232. The Kier molecular flexibility index (Phi) is 4.81. The van der Waals surface area contributed by atoms with Gasteiger partial charge >= 0.3 is 5.63 Å². The number of hydrogen-bond acceptors (Lipinski definition) is 4. The molecule has 0 saturated carbocycles. The molecule has 0 fully saturated rings. The lowest BCUT2D eigenvalue weighted by atomic mass is 9.99. The number of benzene rings is 3. The second-order valence-corrected chi connectivity index (χ2v) is 7.47. The van der Waals surface area contributed by atoms with E-state index in [4.69, 9.17) is 9.15 Å². The molecule has 5 rings (SSSR count). The van der Waals surface area contributed by atoms with Crippen molar-refractivity contribution in [2.75, 3.05) is 13.3 Å². The maximum atomic E-state index is 13.1. The first-order valence-electron chi connectivity index (χ1n) is 9.92. The highest BCUT2D eigenvalue weighted by atomic mass is 19.1. The van der Waals surface area contributed by atoms with E-state index in [9.17, 15) is 9.18 Å². The zero-order valence-electron chi connectivity index (χ0n) is 16.3. The molecule has 4 nitrogen and oxygen atoms in total. The van der Waals surface area contributed by atoms with Crippen LogP contribution in [0.25, 0.3) is 22.1 Å². The van der Waals surface area contributed by atoms with Gasteiger partial charge in [0.15, 0.2) is 0 Å². The van der Waals surface area contributed by atoms with Crippen molar-refractivity contribution >= 4 is 11.0 Å². The lowest BCUT2D eigenvalue weighted by Gasteiger charge is -2.29. The smallest absolute Gasteiger partial charge is 0.336 e. The van der Waals surface area contributed by atoms with Gasteiger partial charge in [0.25, 0.3) is 0 Å². The van der Waals surface area contributed by atoms with Crippen molar-refractivity contribution in [3.8, 4) is 16.9 Å². The van der Waals surface area contributed by atoms with Crippen molar-refractivity contribution in [1.82, 2.24) is 4.90 Å². The summed E-state index contributed by atoms with van der Waals surface area (Å²) < 4.78 is 24.7. The standard InChI is InChI=1S/C25H20FNO3/c26-19-8-6-17(7-9-19)12-13-27-15-22-23(29-16-27)11-10-20-21(14-24(28)30-25(20)22)18-4-2-1-3-5-18/h1-11,14H,12-13,15-16H2. The molecular formula is C25H20FNO3. The first-order chi connectivity index (χ1) is 14.7. The molecule has 1 aliphatic heterocycles. The second-order valence-electron chi connectivity index (χ2n) is 7.47. The largest absolute Gasteiger partial charge is 0.478 e. The van der Waals surface area contributed by atoms with Gasteiger partial charge in [-0.1, -0.05) is 42.5 Å². The van der Waals surface area contributed by atoms with Gasteiger partial charge in [0.1, 0.15) is 23.9 Å². The van der Waals surface area contributed by atoms with E-state index in [1.807, 2.05) is 42.5 Å². The summed E-state index contributed by atoms with van der Waals surface area (Å²) in [5.41, 5.74) is 3.97. The molecule has 0 amide bonds. The van der Waals surface area contributed by atoms with Crippen LogP contribution in [-0.2, 0) is 13.0 Å². The Balaban J connectivity index is 1.48. The Morgan fingerprint density at radius 1 is 0.967 bits per heavy atom. The van der Waals surface area contributed by atoms with Crippen LogP contribution in [0.5, 0.6) is 5.75 Å². The molecule has 3 aromatic carbocycles. The van der Waals surface area contributed by atoms with E-state index in [1.54, 1.807) is 18.2 Å². The van der Waals surface area contributed by atoms with Crippen LogP contribution in [0.1, 0.15) is 11.1 Å². The summed E-state index contributed by atoms with van der Waals surface area (Å²) in [5.74, 6) is 0.513. The van der Waals surface area contributed by atoms with Crippen LogP contribution in [0.4, 0.5) is 4.39 Å². The average molecular weight is 401 g/mol. The van der Waals surface area contributed by atoms with E-state index in [0.717, 1.165) is 46.4 Å². The van der Waals surface area contributed by atoms with Gasteiger partial charge in [-0.25, -0.2) is 9.18 Å². The fourth-order valence-electron chi connectivity index (χ4n) is 3.92. The van der Waals surface area contributed by atoms with Gasteiger partial charge in [-0.2, -0.15) is 0 Å². The molecule has 0 saturated heterocycles. The second kappa shape index (κ2) is 7.76. The van der Waals surface area contributed by atoms with Gasteiger partial charge in [-0.15, -0.1) is 0 Å². The number of rotatable bonds is 4. The minimum atomic E-state index is -0.377. The number of ether oxygens (including phenoxy) is 1. The van der Waals surface area contributed by atoms with Crippen molar-refractivity contribution in [3.05, 3.63) is 100 Å². The molecule has 1 aromatic heterocycles. The van der Waals surface area contributed by atoms with Gasteiger partial charge in [0.2, 0.25) is 0 Å². The molecule has 0 N–H and O–H groups in total. The minimum Gasteiger partial charge on any atom is -0.478 e. The summed E-state index contributed by atoms with van der Waals surface area (Å²) in [6, 6.07) is 21.8. The Labute approximate surface area is 173 Å². The Hall–Kier alpha value is -3.44. The zero-order chi connectivity index (χ0) is 20.5. The molecule has 4 aromatic rings. The first kappa shape index (κ1) is 18.6. The molecule has 5 heteroatoms. The molecule has 0 atom stereocenters. The Morgan fingerprint density at radius 3 is 2.57 bits per heavy atom. The summed E-state index contributed by atoms with van der Waals surface area (Å²) in [7, 11) is 0. The third kappa shape index (κ3) is 3.60. The predicted molar refractivity (Wildman–Crippen MR) is 114 cm³/mol. The quantitative estimate of drug-likeness (QED) is 0.452. The molecule has 0 bridgehead atoms.